The van der Waals surface area contributed by atoms with E-state index in [-0.39, 0.29) is 0 Å². The van der Waals surface area contributed by atoms with Crippen molar-refractivity contribution >= 4 is 9.05 Å². The second-order valence-corrected chi connectivity index (χ2v) is 9.73. The van der Waals surface area contributed by atoms with E-state index in [2.05, 4.69) is 58.0 Å². The highest BCUT2D eigenvalue weighted by Gasteiger charge is 2.50. The van der Waals surface area contributed by atoms with E-state index < -0.39 is 9.05 Å². The number of hydrogen-bond acceptors (Lipinski definition) is 7. The first-order chi connectivity index (χ1) is 13.0. The topological polar surface area (TPSA) is 73.0 Å². The number of hydroxylamine groups is 3. The van der Waals surface area contributed by atoms with E-state index in [0.29, 0.717) is 24.4 Å². The van der Waals surface area contributed by atoms with Crippen molar-refractivity contribution in [3.63, 3.8) is 0 Å². The molecule has 0 unspecified atom stereocenters. The van der Waals surface area contributed by atoms with Gasteiger partial charge in [-0.05, 0) is 45.4 Å². The molecule has 0 aromatic rings. The number of rotatable bonds is 14. The van der Waals surface area contributed by atoms with Crippen molar-refractivity contribution in [3.8, 4) is 0 Å². The first kappa shape index (κ1) is 26.7. The lowest BCUT2D eigenvalue weighted by molar-refractivity contribution is -0.0899. The molecule has 0 aliphatic heterocycles. The average molecular weight is 416 g/mol. The van der Waals surface area contributed by atoms with Crippen LogP contribution in [0.4, 0.5) is 0 Å². The molecule has 28 heavy (non-hydrogen) atoms. The average Bonchev–Trinajstić information content (AvgIpc) is 2.54. The van der Waals surface area contributed by atoms with Gasteiger partial charge in [-0.15, -0.1) is 0 Å². The highest BCUT2D eigenvalue weighted by molar-refractivity contribution is 6.53. The van der Waals surface area contributed by atoms with Crippen LogP contribution in [0.2, 0.25) is 0 Å². The largest absolute Gasteiger partial charge is 0.746 e. The van der Waals surface area contributed by atoms with Crippen molar-refractivity contribution < 1.29 is 18.0 Å². The summed E-state index contributed by atoms with van der Waals surface area (Å²) in [7, 11) is -3.59. The van der Waals surface area contributed by atoms with Crippen LogP contribution in [0.25, 0.3) is 0 Å². The molecule has 0 aliphatic rings. The second kappa shape index (κ2) is 13.8. The maximum atomic E-state index is 5.82. The van der Waals surface area contributed by atoms with Crippen molar-refractivity contribution in [2.45, 2.75) is 69.2 Å². The molecule has 0 saturated carbocycles. The molecule has 0 aromatic carbocycles. The standard InChI is InChI=1S/C20H41N3O4Si/c1-11-24-28(25-21-18(8)12-15(2)3,26-22-19(9)13-16(4)5)27-23-20(10)14-17(6)7/h12-17,21-23H,11H2,1-10H3. The first-order valence-corrected chi connectivity index (χ1v) is 11.6. The Kier molecular flexibility index (Phi) is 13.1. The van der Waals surface area contributed by atoms with Gasteiger partial charge in [-0.1, -0.05) is 59.8 Å². The number of hydrogen-bond donors (Lipinski definition) is 3. The zero-order chi connectivity index (χ0) is 21.7. The Hall–Kier alpha value is -1.32. The fourth-order valence-electron chi connectivity index (χ4n) is 2.36. The highest BCUT2D eigenvalue weighted by atomic mass is 28.4. The molecule has 0 fully saturated rings. The minimum Gasteiger partial charge on any atom is -0.348 e. The molecule has 0 atom stereocenters. The molecule has 8 heteroatoms. The maximum Gasteiger partial charge on any atom is 0.746 e. The maximum absolute atomic E-state index is 5.82. The fourth-order valence-corrected chi connectivity index (χ4v) is 3.87. The zero-order valence-corrected chi connectivity index (χ0v) is 20.3. The van der Waals surface area contributed by atoms with E-state index >= 15 is 0 Å². The molecule has 7 nitrogen and oxygen atoms in total. The van der Waals surface area contributed by atoms with Gasteiger partial charge in [-0.2, -0.15) is 0 Å². The van der Waals surface area contributed by atoms with Crippen LogP contribution >= 0.6 is 0 Å². The Bertz CT molecular complexity index is 462. The van der Waals surface area contributed by atoms with E-state index in [1.807, 2.05) is 45.9 Å². The predicted molar refractivity (Wildman–Crippen MR) is 116 cm³/mol. The van der Waals surface area contributed by atoms with E-state index in [1.165, 1.54) is 0 Å². The molecule has 0 rings (SSSR count). The summed E-state index contributed by atoms with van der Waals surface area (Å²) in [5, 5.41) is 0. The Labute approximate surface area is 172 Å². The summed E-state index contributed by atoms with van der Waals surface area (Å²) < 4.78 is 23.3. The Morgan fingerprint density at radius 3 is 1.18 bits per heavy atom. The lowest BCUT2D eigenvalue weighted by Gasteiger charge is -2.28. The van der Waals surface area contributed by atoms with Crippen molar-refractivity contribution in [1.82, 2.24) is 16.4 Å². The molecule has 0 bridgehead atoms. The molecular formula is C20H41N3O4Si. The van der Waals surface area contributed by atoms with Crippen molar-refractivity contribution in [2.24, 2.45) is 17.8 Å². The second-order valence-electron chi connectivity index (χ2n) is 7.83. The fraction of sp³-hybridized carbons (Fsp3) is 0.700. The van der Waals surface area contributed by atoms with Gasteiger partial charge in [0.25, 0.3) is 0 Å². The van der Waals surface area contributed by atoms with Crippen LogP contribution in [-0.2, 0) is 18.0 Å². The highest BCUT2D eigenvalue weighted by Crippen LogP contribution is 2.12. The van der Waals surface area contributed by atoms with E-state index in [4.69, 9.17) is 18.0 Å². The lowest BCUT2D eigenvalue weighted by Crippen LogP contribution is -2.57. The normalized spacial score (nSPS) is 16.0. The molecule has 0 aromatic heterocycles. The quantitative estimate of drug-likeness (QED) is 0.280. The molecule has 3 N–H and O–H groups in total. The van der Waals surface area contributed by atoms with Gasteiger partial charge in [0.15, 0.2) is 0 Å². The van der Waals surface area contributed by atoms with Gasteiger partial charge in [0, 0.05) is 23.7 Å². The summed E-state index contributed by atoms with van der Waals surface area (Å²) in [6, 6.07) is 0. The van der Waals surface area contributed by atoms with Crippen LogP contribution in [0.3, 0.4) is 0 Å². The predicted octanol–water partition coefficient (Wildman–Crippen LogP) is 4.70. The SMILES string of the molecule is CCO[Si](ONC(C)=CC(C)C)(ONC(C)=CC(C)C)ONC(C)=CC(C)C. The van der Waals surface area contributed by atoms with E-state index in [9.17, 15) is 0 Å². The summed E-state index contributed by atoms with van der Waals surface area (Å²) >= 11 is 0. The monoisotopic (exact) mass is 415 g/mol. The van der Waals surface area contributed by atoms with Gasteiger partial charge in [0.1, 0.15) is 0 Å². The summed E-state index contributed by atoms with van der Waals surface area (Å²) in [4.78, 5) is 0. The van der Waals surface area contributed by atoms with Crippen LogP contribution in [0.5, 0.6) is 0 Å². The summed E-state index contributed by atoms with van der Waals surface area (Å²) in [6.07, 6.45) is 6.12. The van der Waals surface area contributed by atoms with E-state index in [1.54, 1.807) is 0 Å². The van der Waals surface area contributed by atoms with Crippen molar-refractivity contribution in [3.05, 3.63) is 35.3 Å². The minimum absolute atomic E-state index is 0.365. The molecule has 0 radical (unpaired) electrons. The Balaban J connectivity index is 5.39. The van der Waals surface area contributed by atoms with Gasteiger partial charge in [-0.3, -0.25) is 16.4 Å². The first-order valence-electron chi connectivity index (χ1n) is 10.0. The zero-order valence-electron chi connectivity index (χ0n) is 19.3. The van der Waals surface area contributed by atoms with Crippen LogP contribution in [0.1, 0.15) is 69.2 Å². The molecule has 0 amide bonds. The van der Waals surface area contributed by atoms with Crippen molar-refractivity contribution in [2.75, 3.05) is 6.61 Å². The molecular weight excluding hydrogens is 374 g/mol. The third kappa shape index (κ3) is 13.0. The lowest BCUT2D eigenvalue weighted by atomic mass is 10.2. The Morgan fingerprint density at radius 2 is 0.964 bits per heavy atom. The number of nitrogens with one attached hydrogen (secondary N) is 3. The summed E-state index contributed by atoms with van der Waals surface area (Å²) in [5.74, 6) is 1.14. The van der Waals surface area contributed by atoms with Gasteiger partial charge >= 0.3 is 9.05 Å². The van der Waals surface area contributed by atoms with Gasteiger partial charge < -0.3 is 4.43 Å². The molecule has 0 heterocycles. The van der Waals surface area contributed by atoms with Crippen molar-refractivity contribution in [1.29, 1.82) is 0 Å². The van der Waals surface area contributed by atoms with Crippen LogP contribution in [-0.4, -0.2) is 15.7 Å². The molecule has 0 aliphatic carbocycles. The van der Waals surface area contributed by atoms with Crippen LogP contribution in [0.15, 0.2) is 35.3 Å². The summed E-state index contributed by atoms with van der Waals surface area (Å²) in [5.41, 5.74) is 11.2. The number of allylic oxidation sites excluding steroid dienone is 6. The van der Waals surface area contributed by atoms with Gasteiger partial charge in [0.2, 0.25) is 0 Å². The minimum atomic E-state index is -3.59. The molecule has 0 saturated heterocycles. The van der Waals surface area contributed by atoms with Crippen LogP contribution in [0, 0.1) is 17.8 Å². The van der Waals surface area contributed by atoms with E-state index in [0.717, 1.165) is 17.1 Å². The molecule has 164 valence electrons. The van der Waals surface area contributed by atoms with Crippen LogP contribution < -0.4 is 16.4 Å². The Morgan fingerprint density at radius 1 is 0.679 bits per heavy atom. The summed E-state index contributed by atoms with van der Waals surface area (Å²) in [6.45, 7) is 20.5. The third-order valence-electron chi connectivity index (χ3n) is 3.08. The van der Waals surface area contributed by atoms with Gasteiger partial charge in [-0.25, -0.2) is 13.6 Å². The molecule has 0 spiro atoms. The van der Waals surface area contributed by atoms with Gasteiger partial charge in [0.05, 0.1) is 0 Å². The third-order valence-corrected chi connectivity index (χ3v) is 4.78. The smallest absolute Gasteiger partial charge is 0.348 e.